The van der Waals surface area contributed by atoms with Crippen LogP contribution in [0.4, 0.5) is 17.1 Å². The molecule has 9 aromatic carbocycles. The summed E-state index contributed by atoms with van der Waals surface area (Å²) in [7, 11) is 0. The number of anilines is 3. The van der Waals surface area contributed by atoms with Crippen molar-refractivity contribution in [1.82, 2.24) is 0 Å². The van der Waals surface area contributed by atoms with E-state index < -0.39 is 0 Å². The lowest BCUT2D eigenvalue weighted by atomic mass is 9.76. The fraction of sp³-hybridized carbons (Fsp3) is 0.129. The van der Waals surface area contributed by atoms with Crippen LogP contribution in [-0.4, -0.2) is 0 Å². The van der Waals surface area contributed by atoms with E-state index in [9.17, 15) is 0 Å². The van der Waals surface area contributed by atoms with Gasteiger partial charge in [0, 0.05) is 27.6 Å². The number of para-hydroxylation sites is 2. The smallest absolute Gasteiger partial charge is 0.0540 e. The molecule has 63 heavy (non-hydrogen) atoms. The molecule has 0 aliphatic heterocycles. The SMILES string of the molecule is CC1(C)c2ccccc2-c2cccc(-c3ccccc3N(c3ccc4c(c3)C3(CCCC3)c3ccccc3-4)c3ccccc3-c3cccc(-c4ccccc4-c4ccccc4)c3)c21. The van der Waals surface area contributed by atoms with Crippen molar-refractivity contribution in [1.29, 1.82) is 0 Å². The topological polar surface area (TPSA) is 3.24 Å². The maximum atomic E-state index is 2.58. The van der Waals surface area contributed by atoms with E-state index in [1.165, 1.54) is 126 Å². The van der Waals surface area contributed by atoms with Gasteiger partial charge in [0.05, 0.1) is 11.4 Å². The van der Waals surface area contributed by atoms with Gasteiger partial charge >= 0.3 is 0 Å². The van der Waals surface area contributed by atoms with Crippen molar-refractivity contribution in [2.75, 3.05) is 4.90 Å². The minimum atomic E-state index is -0.164. The van der Waals surface area contributed by atoms with Crippen LogP contribution in [0.15, 0.2) is 212 Å². The number of nitrogens with zero attached hydrogens (tertiary/aromatic N) is 1. The second-order valence-corrected chi connectivity index (χ2v) is 18.3. The largest absolute Gasteiger partial charge is 0.309 e. The summed E-state index contributed by atoms with van der Waals surface area (Å²) < 4.78 is 0. The molecule has 0 N–H and O–H groups in total. The van der Waals surface area contributed by atoms with Crippen LogP contribution in [0.5, 0.6) is 0 Å². The van der Waals surface area contributed by atoms with Gasteiger partial charge in [0.1, 0.15) is 0 Å². The van der Waals surface area contributed by atoms with Gasteiger partial charge in [-0.15, -0.1) is 0 Å². The second kappa shape index (κ2) is 14.7. The molecular formula is C62H49N. The van der Waals surface area contributed by atoms with Gasteiger partial charge in [-0.1, -0.05) is 209 Å². The molecule has 0 radical (unpaired) electrons. The Kier molecular flexibility index (Phi) is 8.76. The Hall–Kier alpha value is -7.22. The number of hydrogen-bond donors (Lipinski definition) is 0. The molecule has 0 aromatic heterocycles. The highest BCUT2D eigenvalue weighted by atomic mass is 15.1. The predicted molar refractivity (Wildman–Crippen MR) is 265 cm³/mol. The van der Waals surface area contributed by atoms with Gasteiger partial charge in [-0.2, -0.15) is 0 Å². The first-order chi connectivity index (χ1) is 31.0. The van der Waals surface area contributed by atoms with Crippen molar-refractivity contribution in [2.24, 2.45) is 0 Å². The van der Waals surface area contributed by atoms with E-state index in [4.69, 9.17) is 0 Å². The number of benzene rings is 9. The Morgan fingerprint density at radius 2 is 0.794 bits per heavy atom. The van der Waals surface area contributed by atoms with Crippen molar-refractivity contribution >= 4 is 17.1 Å². The van der Waals surface area contributed by atoms with Gasteiger partial charge in [-0.3, -0.25) is 0 Å². The summed E-state index contributed by atoms with van der Waals surface area (Å²) in [6, 6.07) is 79.5. The zero-order valence-corrected chi connectivity index (χ0v) is 36.0. The number of rotatable bonds is 7. The van der Waals surface area contributed by atoms with E-state index in [1.54, 1.807) is 0 Å². The molecule has 0 saturated heterocycles. The summed E-state index contributed by atoms with van der Waals surface area (Å²) in [6.45, 7) is 4.80. The van der Waals surface area contributed by atoms with Crippen LogP contribution in [0.3, 0.4) is 0 Å². The third-order valence-electron chi connectivity index (χ3n) is 14.6. The van der Waals surface area contributed by atoms with Gasteiger partial charge in [0.15, 0.2) is 0 Å². The highest BCUT2D eigenvalue weighted by molar-refractivity contribution is 5.98. The highest BCUT2D eigenvalue weighted by Gasteiger charge is 2.45. The van der Waals surface area contributed by atoms with Crippen LogP contribution in [0.25, 0.3) is 66.8 Å². The maximum Gasteiger partial charge on any atom is 0.0540 e. The third-order valence-corrected chi connectivity index (χ3v) is 14.6. The minimum absolute atomic E-state index is 0.0448. The lowest BCUT2D eigenvalue weighted by Crippen LogP contribution is -2.21. The van der Waals surface area contributed by atoms with Crippen molar-refractivity contribution in [3.8, 4) is 66.8 Å². The van der Waals surface area contributed by atoms with E-state index in [0.717, 1.165) is 5.69 Å². The lowest BCUT2D eigenvalue weighted by molar-refractivity contribution is 0.550. The third kappa shape index (κ3) is 5.83. The molecular weight excluding hydrogens is 759 g/mol. The lowest BCUT2D eigenvalue weighted by Gasteiger charge is -2.33. The quantitative estimate of drug-likeness (QED) is 0.155. The van der Waals surface area contributed by atoms with Gasteiger partial charge in [-0.25, -0.2) is 0 Å². The number of fused-ring (bicyclic) bond motifs is 8. The summed E-state index contributed by atoms with van der Waals surface area (Å²) in [5.74, 6) is 0. The summed E-state index contributed by atoms with van der Waals surface area (Å²) in [6.07, 6.45) is 4.90. The zero-order chi connectivity index (χ0) is 42.1. The monoisotopic (exact) mass is 807 g/mol. The molecule has 12 rings (SSSR count). The first kappa shape index (κ1) is 37.5. The van der Waals surface area contributed by atoms with Crippen LogP contribution >= 0.6 is 0 Å². The van der Waals surface area contributed by atoms with E-state index in [0.29, 0.717) is 0 Å². The molecule has 0 atom stereocenters. The standard InChI is InChI=1S/C62H49N/c1-61(2)55-32-12-8-28-50(55)53-30-19-31-54(60(53)61)52-29-11-15-35-59(52)63(45-36-37-51-49-27-9-13-33-56(49)62(57(51)41-45)38-16-17-39-62)58-34-14-10-26-48(58)44-23-18-22-43(40-44)47-25-7-6-24-46(47)42-20-4-3-5-21-42/h3-15,18-37,40-41H,16-17,38-39H2,1-2H3. The Morgan fingerprint density at radius 3 is 1.51 bits per heavy atom. The fourth-order valence-corrected chi connectivity index (χ4v) is 11.8. The van der Waals surface area contributed by atoms with Gasteiger partial charge in [0.2, 0.25) is 0 Å². The average molecular weight is 808 g/mol. The molecule has 0 heterocycles. The molecule has 1 spiro atoms. The van der Waals surface area contributed by atoms with E-state index >= 15 is 0 Å². The predicted octanol–water partition coefficient (Wildman–Crippen LogP) is 17.0. The Morgan fingerprint density at radius 1 is 0.333 bits per heavy atom. The first-order valence-electron chi connectivity index (χ1n) is 22.7. The van der Waals surface area contributed by atoms with Crippen LogP contribution in [-0.2, 0) is 10.8 Å². The Labute approximate surface area is 372 Å². The van der Waals surface area contributed by atoms with Crippen LogP contribution < -0.4 is 4.90 Å². The van der Waals surface area contributed by atoms with E-state index in [2.05, 4.69) is 231 Å². The Bertz CT molecular complexity index is 3220. The van der Waals surface area contributed by atoms with Crippen LogP contribution in [0.1, 0.15) is 61.8 Å². The molecule has 9 aromatic rings. The van der Waals surface area contributed by atoms with Crippen molar-refractivity contribution < 1.29 is 0 Å². The summed E-state index contributed by atoms with van der Waals surface area (Å²) in [5, 5.41) is 0. The van der Waals surface area contributed by atoms with Crippen LogP contribution in [0, 0.1) is 0 Å². The molecule has 3 aliphatic carbocycles. The zero-order valence-electron chi connectivity index (χ0n) is 36.0. The Balaban J connectivity index is 1.08. The summed E-state index contributed by atoms with van der Waals surface area (Å²) in [5.41, 5.74) is 24.4. The molecule has 1 nitrogen and oxygen atoms in total. The van der Waals surface area contributed by atoms with E-state index in [1.807, 2.05) is 0 Å². The van der Waals surface area contributed by atoms with Gasteiger partial charge in [-0.05, 0) is 121 Å². The maximum absolute atomic E-state index is 2.58. The molecule has 302 valence electrons. The van der Waals surface area contributed by atoms with Crippen molar-refractivity contribution in [3.05, 3.63) is 235 Å². The molecule has 0 bridgehead atoms. The molecule has 1 saturated carbocycles. The summed E-state index contributed by atoms with van der Waals surface area (Å²) >= 11 is 0. The minimum Gasteiger partial charge on any atom is -0.309 e. The second-order valence-electron chi connectivity index (χ2n) is 18.3. The van der Waals surface area contributed by atoms with Gasteiger partial charge in [0.25, 0.3) is 0 Å². The molecule has 3 aliphatic rings. The molecule has 1 heteroatoms. The normalized spacial score (nSPS) is 14.8. The van der Waals surface area contributed by atoms with Gasteiger partial charge < -0.3 is 4.90 Å². The van der Waals surface area contributed by atoms with Crippen LogP contribution in [0.2, 0.25) is 0 Å². The van der Waals surface area contributed by atoms with Crippen molar-refractivity contribution in [2.45, 2.75) is 50.4 Å². The highest BCUT2D eigenvalue weighted by Crippen LogP contribution is 2.59. The summed E-state index contributed by atoms with van der Waals surface area (Å²) in [4.78, 5) is 2.58. The van der Waals surface area contributed by atoms with Crippen molar-refractivity contribution in [3.63, 3.8) is 0 Å². The average Bonchev–Trinajstić information content (AvgIpc) is 4.02. The molecule has 0 unspecified atom stereocenters. The number of hydrogen-bond acceptors (Lipinski definition) is 1. The molecule has 1 fully saturated rings. The fourth-order valence-electron chi connectivity index (χ4n) is 11.8. The first-order valence-corrected chi connectivity index (χ1v) is 22.7. The van der Waals surface area contributed by atoms with E-state index in [-0.39, 0.29) is 10.8 Å². The molecule has 0 amide bonds.